The van der Waals surface area contributed by atoms with Crippen molar-refractivity contribution in [1.29, 1.82) is 0 Å². The average Bonchev–Trinajstić information content (AvgIpc) is 3.09. The summed E-state index contributed by atoms with van der Waals surface area (Å²) in [5.41, 5.74) is 2.75. The van der Waals surface area contributed by atoms with E-state index < -0.39 is 0 Å². The van der Waals surface area contributed by atoms with Gasteiger partial charge in [0.15, 0.2) is 5.82 Å². The minimum atomic E-state index is 0.528. The third-order valence-corrected chi connectivity index (χ3v) is 4.23. The standard InChI is InChI=1S/C15H20N4/c1-11-5-4-8-13(9-11)14(12-6-2-3-7-12)10-15-16-18-19-17-15/h4-5,8-9,12,14H,2-3,6-7,10H2,1H3,(H,16,17,18,19). The van der Waals surface area contributed by atoms with E-state index in [0.29, 0.717) is 5.92 Å². The molecular weight excluding hydrogens is 236 g/mol. The SMILES string of the molecule is Cc1cccc(C(Cc2nn[nH]n2)C2CCCC2)c1. The topological polar surface area (TPSA) is 54.5 Å². The van der Waals surface area contributed by atoms with E-state index in [2.05, 4.69) is 51.8 Å². The Morgan fingerprint density at radius 3 is 2.84 bits per heavy atom. The fourth-order valence-electron chi connectivity index (χ4n) is 3.28. The molecule has 0 radical (unpaired) electrons. The molecule has 1 aromatic carbocycles. The summed E-state index contributed by atoms with van der Waals surface area (Å²) in [6.07, 6.45) is 6.27. The molecule has 1 saturated carbocycles. The summed E-state index contributed by atoms with van der Waals surface area (Å²) in [4.78, 5) is 0. The lowest BCUT2D eigenvalue weighted by Gasteiger charge is -2.23. The molecule has 4 heteroatoms. The van der Waals surface area contributed by atoms with Gasteiger partial charge < -0.3 is 0 Å². The highest BCUT2D eigenvalue weighted by molar-refractivity contribution is 5.27. The van der Waals surface area contributed by atoms with Gasteiger partial charge in [0.2, 0.25) is 0 Å². The monoisotopic (exact) mass is 256 g/mol. The molecule has 1 N–H and O–H groups in total. The lowest BCUT2D eigenvalue weighted by Crippen LogP contribution is -2.14. The molecule has 0 aliphatic heterocycles. The van der Waals surface area contributed by atoms with Crippen LogP contribution in [0.4, 0.5) is 0 Å². The highest BCUT2D eigenvalue weighted by atomic mass is 15.5. The van der Waals surface area contributed by atoms with E-state index in [9.17, 15) is 0 Å². The molecule has 3 rings (SSSR count). The van der Waals surface area contributed by atoms with Crippen molar-refractivity contribution in [2.45, 2.75) is 44.9 Å². The van der Waals surface area contributed by atoms with Gasteiger partial charge >= 0.3 is 0 Å². The van der Waals surface area contributed by atoms with Crippen LogP contribution in [0.25, 0.3) is 0 Å². The first-order chi connectivity index (χ1) is 9.33. The highest BCUT2D eigenvalue weighted by Crippen LogP contribution is 2.39. The fourth-order valence-corrected chi connectivity index (χ4v) is 3.28. The molecule has 4 nitrogen and oxygen atoms in total. The normalized spacial score (nSPS) is 17.7. The Bertz CT molecular complexity index is 515. The quantitative estimate of drug-likeness (QED) is 0.914. The van der Waals surface area contributed by atoms with Crippen LogP contribution in [-0.4, -0.2) is 20.6 Å². The number of hydrogen-bond donors (Lipinski definition) is 1. The Hall–Kier alpha value is -1.71. The maximum Gasteiger partial charge on any atom is 0.175 e. The highest BCUT2D eigenvalue weighted by Gasteiger charge is 2.27. The first-order valence-corrected chi connectivity index (χ1v) is 7.12. The van der Waals surface area contributed by atoms with E-state index in [1.807, 2.05) is 0 Å². The van der Waals surface area contributed by atoms with Gasteiger partial charge in [0.05, 0.1) is 0 Å². The molecule has 0 amide bonds. The van der Waals surface area contributed by atoms with Gasteiger partial charge in [0.25, 0.3) is 0 Å². The Labute approximate surface area is 113 Å². The number of nitrogens with zero attached hydrogens (tertiary/aromatic N) is 3. The van der Waals surface area contributed by atoms with Crippen LogP contribution in [0.2, 0.25) is 0 Å². The van der Waals surface area contributed by atoms with Crippen LogP contribution in [-0.2, 0) is 6.42 Å². The van der Waals surface area contributed by atoms with E-state index in [1.165, 1.54) is 36.8 Å². The van der Waals surface area contributed by atoms with E-state index in [1.54, 1.807) is 0 Å². The summed E-state index contributed by atoms with van der Waals surface area (Å²) < 4.78 is 0. The first-order valence-electron chi connectivity index (χ1n) is 7.12. The number of H-pyrrole nitrogens is 1. The van der Waals surface area contributed by atoms with Crippen molar-refractivity contribution in [1.82, 2.24) is 20.6 Å². The van der Waals surface area contributed by atoms with E-state index in [0.717, 1.165) is 18.2 Å². The molecule has 19 heavy (non-hydrogen) atoms. The van der Waals surface area contributed by atoms with E-state index >= 15 is 0 Å². The number of hydrogen-bond acceptors (Lipinski definition) is 3. The molecule has 1 heterocycles. The van der Waals surface area contributed by atoms with Gasteiger partial charge in [0.1, 0.15) is 0 Å². The minimum absolute atomic E-state index is 0.528. The lowest BCUT2D eigenvalue weighted by atomic mass is 9.82. The lowest BCUT2D eigenvalue weighted by molar-refractivity contribution is 0.425. The van der Waals surface area contributed by atoms with Crippen LogP contribution < -0.4 is 0 Å². The molecule has 2 aromatic rings. The van der Waals surface area contributed by atoms with Gasteiger partial charge in [-0.1, -0.05) is 47.9 Å². The van der Waals surface area contributed by atoms with Gasteiger partial charge in [-0.2, -0.15) is 5.21 Å². The van der Waals surface area contributed by atoms with E-state index in [-0.39, 0.29) is 0 Å². The van der Waals surface area contributed by atoms with Crippen molar-refractivity contribution < 1.29 is 0 Å². The summed E-state index contributed by atoms with van der Waals surface area (Å²) in [5, 5.41) is 14.5. The van der Waals surface area contributed by atoms with Crippen molar-refractivity contribution in [3.05, 3.63) is 41.2 Å². The zero-order valence-corrected chi connectivity index (χ0v) is 11.3. The summed E-state index contributed by atoms with van der Waals surface area (Å²) in [7, 11) is 0. The number of aryl methyl sites for hydroxylation is 1. The van der Waals surface area contributed by atoms with Crippen molar-refractivity contribution in [2.75, 3.05) is 0 Å². The van der Waals surface area contributed by atoms with Gasteiger partial charge in [-0.25, -0.2) is 0 Å². The maximum absolute atomic E-state index is 4.13. The number of aromatic nitrogens is 4. The maximum atomic E-state index is 4.13. The number of benzene rings is 1. The summed E-state index contributed by atoms with van der Waals surface area (Å²) in [6.45, 7) is 2.16. The number of tetrazole rings is 1. The fraction of sp³-hybridized carbons (Fsp3) is 0.533. The Balaban J connectivity index is 1.87. The molecule has 1 aliphatic rings. The second kappa shape index (κ2) is 5.51. The van der Waals surface area contributed by atoms with Gasteiger partial charge in [-0.3, -0.25) is 0 Å². The third kappa shape index (κ3) is 2.83. The van der Waals surface area contributed by atoms with Gasteiger partial charge in [-0.05, 0) is 37.2 Å². The second-order valence-corrected chi connectivity index (χ2v) is 5.60. The van der Waals surface area contributed by atoms with Crippen LogP contribution in [0.5, 0.6) is 0 Å². The van der Waals surface area contributed by atoms with E-state index in [4.69, 9.17) is 0 Å². The van der Waals surface area contributed by atoms with Crippen LogP contribution >= 0.6 is 0 Å². The Morgan fingerprint density at radius 2 is 2.16 bits per heavy atom. The van der Waals surface area contributed by atoms with Crippen molar-refractivity contribution in [3.63, 3.8) is 0 Å². The first kappa shape index (κ1) is 12.3. The summed E-state index contributed by atoms with van der Waals surface area (Å²) >= 11 is 0. The van der Waals surface area contributed by atoms with Crippen molar-refractivity contribution >= 4 is 0 Å². The second-order valence-electron chi connectivity index (χ2n) is 5.60. The Kier molecular flexibility index (Phi) is 3.58. The molecule has 0 bridgehead atoms. The van der Waals surface area contributed by atoms with Crippen LogP contribution in [0.3, 0.4) is 0 Å². The van der Waals surface area contributed by atoms with Gasteiger partial charge in [-0.15, -0.1) is 10.2 Å². The Morgan fingerprint density at radius 1 is 1.32 bits per heavy atom. The minimum Gasteiger partial charge on any atom is -0.177 e. The van der Waals surface area contributed by atoms with Crippen LogP contribution in [0.1, 0.15) is 48.6 Å². The molecule has 0 spiro atoms. The van der Waals surface area contributed by atoms with Crippen molar-refractivity contribution in [3.8, 4) is 0 Å². The zero-order chi connectivity index (χ0) is 13.1. The summed E-state index contributed by atoms with van der Waals surface area (Å²) in [5.74, 6) is 2.12. The molecule has 1 unspecified atom stereocenters. The largest absolute Gasteiger partial charge is 0.177 e. The van der Waals surface area contributed by atoms with Gasteiger partial charge in [0, 0.05) is 6.42 Å². The molecule has 1 aromatic heterocycles. The molecule has 1 fully saturated rings. The molecule has 0 saturated heterocycles. The molecular formula is C15H20N4. The summed E-state index contributed by atoms with van der Waals surface area (Å²) in [6, 6.07) is 8.87. The molecule has 100 valence electrons. The van der Waals surface area contributed by atoms with Crippen molar-refractivity contribution in [2.24, 2.45) is 5.92 Å². The smallest absolute Gasteiger partial charge is 0.175 e. The zero-order valence-electron chi connectivity index (χ0n) is 11.3. The number of aromatic amines is 1. The number of nitrogens with one attached hydrogen (secondary N) is 1. The van der Waals surface area contributed by atoms with Crippen LogP contribution in [0, 0.1) is 12.8 Å². The molecule has 1 atom stereocenters. The number of rotatable bonds is 4. The predicted molar refractivity (Wildman–Crippen MR) is 73.8 cm³/mol. The molecule has 1 aliphatic carbocycles. The van der Waals surface area contributed by atoms with Crippen LogP contribution in [0.15, 0.2) is 24.3 Å². The third-order valence-electron chi connectivity index (χ3n) is 4.23. The predicted octanol–water partition coefficient (Wildman–Crippen LogP) is 3.02. The average molecular weight is 256 g/mol.